The van der Waals surface area contributed by atoms with Crippen molar-refractivity contribution in [1.82, 2.24) is 0 Å². The summed E-state index contributed by atoms with van der Waals surface area (Å²) >= 11 is 0. The van der Waals surface area contributed by atoms with Crippen molar-refractivity contribution in [3.05, 3.63) is 42.5 Å². The molecule has 0 aromatic heterocycles. The van der Waals surface area contributed by atoms with Crippen LogP contribution in [0, 0.1) is 6.92 Å². The first-order valence-corrected chi connectivity index (χ1v) is 8.50. The van der Waals surface area contributed by atoms with Crippen LogP contribution in [0.4, 0.5) is 0 Å². The normalized spacial score (nSPS) is 13.0. The topological polar surface area (TPSA) is 52.6 Å². The third kappa shape index (κ3) is 6.42. The number of hydrogen-bond donors (Lipinski definition) is 0. The number of rotatable bonds is 10. The first kappa shape index (κ1) is 17.9. The van der Waals surface area contributed by atoms with Gasteiger partial charge in [-0.15, -0.1) is 6.58 Å². The fraction of sp³-hybridized carbons (Fsp3) is 0.500. The van der Waals surface area contributed by atoms with Gasteiger partial charge in [0.15, 0.2) is 0 Å². The van der Waals surface area contributed by atoms with E-state index in [1.54, 1.807) is 31.4 Å². The van der Waals surface area contributed by atoms with Gasteiger partial charge >= 0.3 is 0 Å². The van der Waals surface area contributed by atoms with E-state index in [0.29, 0.717) is 6.42 Å². The molecular formula is C16H24O4S. The lowest BCUT2D eigenvalue weighted by Crippen LogP contribution is -2.23. The van der Waals surface area contributed by atoms with Gasteiger partial charge in [0.2, 0.25) is 0 Å². The molecule has 1 aromatic rings. The number of ether oxygens (including phenoxy) is 1. The highest BCUT2D eigenvalue weighted by molar-refractivity contribution is 7.86. The molecule has 1 aromatic carbocycles. The molecule has 5 heteroatoms. The molecule has 1 atom stereocenters. The van der Waals surface area contributed by atoms with Crippen molar-refractivity contribution in [1.29, 1.82) is 0 Å². The minimum absolute atomic E-state index is 0.181. The molecule has 0 saturated carbocycles. The maximum absolute atomic E-state index is 12.2. The first-order chi connectivity index (χ1) is 9.99. The zero-order valence-electron chi connectivity index (χ0n) is 12.7. The second kappa shape index (κ2) is 8.97. The van der Waals surface area contributed by atoms with Gasteiger partial charge in [0.25, 0.3) is 10.1 Å². The first-order valence-electron chi connectivity index (χ1n) is 7.09. The molecule has 21 heavy (non-hydrogen) atoms. The van der Waals surface area contributed by atoms with Crippen LogP contribution in [0.5, 0.6) is 0 Å². The molecule has 0 saturated heterocycles. The highest BCUT2D eigenvalue weighted by Crippen LogP contribution is 2.18. The van der Waals surface area contributed by atoms with Crippen molar-refractivity contribution >= 4 is 10.1 Å². The summed E-state index contributed by atoms with van der Waals surface area (Å²) in [5, 5.41) is 0. The largest absolute Gasteiger partial charge is 0.382 e. The van der Waals surface area contributed by atoms with Crippen LogP contribution in [-0.4, -0.2) is 28.2 Å². The van der Waals surface area contributed by atoms with E-state index < -0.39 is 16.2 Å². The minimum atomic E-state index is -3.74. The quantitative estimate of drug-likeness (QED) is 0.377. The Morgan fingerprint density at radius 3 is 2.48 bits per heavy atom. The van der Waals surface area contributed by atoms with Gasteiger partial charge in [0, 0.05) is 7.11 Å². The van der Waals surface area contributed by atoms with Gasteiger partial charge in [-0.2, -0.15) is 8.42 Å². The lowest BCUT2D eigenvalue weighted by Gasteiger charge is -2.16. The van der Waals surface area contributed by atoms with E-state index >= 15 is 0 Å². The highest BCUT2D eigenvalue weighted by Gasteiger charge is 2.21. The summed E-state index contributed by atoms with van der Waals surface area (Å²) in [5.74, 6) is 0. The third-order valence-corrected chi connectivity index (χ3v) is 4.48. The fourth-order valence-electron chi connectivity index (χ4n) is 1.95. The van der Waals surface area contributed by atoms with Crippen LogP contribution >= 0.6 is 0 Å². The van der Waals surface area contributed by atoms with E-state index in [0.717, 1.165) is 24.8 Å². The molecule has 0 radical (unpaired) electrons. The van der Waals surface area contributed by atoms with Crippen molar-refractivity contribution in [2.24, 2.45) is 0 Å². The van der Waals surface area contributed by atoms with Gasteiger partial charge < -0.3 is 4.74 Å². The molecule has 0 aliphatic carbocycles. The standard InChI is InChI=1S/C16H24O4S/c1-4-5-6-7-8-15(13-19-3)20-21(17,18)16-11-9-14(2)10-12-16/h4,9-12,15H,1,5-8,13H2,2-3H3/t15-/m1/s1. The van der Waals surface area contributed by atoms with Crippen molar-refractivity contribution < 1.29 is 17.3 Å². The number of hydrogen-bond acceptors (Lipinski definition) is 4. The predicted molar refractivity (Wildman–Crippen MR) is 83.8 cm³/mol. The summed E-state index contributed by atoms with van der Waals surface area (Å²) in [5.41, 5.74) is 1.01. The average molecular weight is 312 g/mol. The lowest BCUT2D eigenvalue weighted by molar-refractivity contribution is 0.0784. The van der Waals surface area contributed by atoms with E-state index in [1.807, 2.05) is 13.0 Å². The Kier molecular flexibility index (Phi) is 7.64. The van der Waals surface area contributed by atoms with Crippen LogP contribution < -0.4 is 0 Å². The zero-order chi connectivity index (χ0) is 15.7. The van der Waals surface area contributed by atoms with E-state index in [1.165, 1.54) is 0 Å². The van der Waals surface area contributed by atoms with Crippen molar-refractivity contribution in [2.75, 3.05) is 13.7 Å². The number of aryl methyl sites for hydroxylation is 1. The maximum Gasteiger partial charge on any atom is 0.297 e. The number of unbranched alkanes of at least 4 members (excludes halogenated alkanes) is 2. The Bertz CT molecular complexity index is 520. The van der Waals surface area contributed by atoms with Crippen molar-refractivity contribution in [2.45, 2.75) is 43.6 Å². The van der Waals surface area contributed by atoms with Crippen molar-refractivity contribution in [3.8, 4) is 0 Å². The molecule has 0 fully saturated rings. The SMILES string of the molecule is C=CCCCC[C@H](COC)OS(=O)(=O)c1ccc(C)cc1. The van der Waals surface area contributed by atoms with Gasteiger partial charge in [0.05, 0.1) is 11.5 Å². The van der Waals surface area contributed by atoms with E-state index in [-0.39, 0.29) is 11.5 Å². The predicted octanol–water partition coefficient (Wildman–Crippen LogP) is 3.46. The molecule has 1 rings (SSSR count). The number of allylic oxidation sites excluding steroid dienone is 1. The van der Waals surface area contributed by atoms with E-state index in [4.69, 9.17) is 8.92 Å². The summed E-state index contributed by atoms with van der Waals surface area (Å²) < 4.78 is 34.8. The Balaban J connectivity index is 2.67. The number of benzene rings is 1. The highest BCUT2D eigenvalue weighted by atomic mass is 32.2. The second-order valence-electron chi connectivity index (χ2n) is 5.01. The Morgan fingerprint density at radius 2 is 1.90 bits per heavy atom. The summed E-state index contributed by atoms with van der Waals surface area (Å²) in [6, 6.07) is 6.63. The van der Waals surface area contributed by atoms with Crippen LogP contribution in [0.2, 0.25) is 0 Å². The smallest absolute Gasteiger partial charge is 0.297 e. The van der Waals surface area contributed by atoms with Gasteiger partial charge in [-0.25, -0.2) is 0 Å². The molecule has 0 N–H and O–H groups in total. The van der Waals surface area contributed by atoms with Crippen LogP contribution in [0.25, 0.3) is 0 Å². The Labute approximate surface area is 127 Å². The van der Waals surface area contributed by atoms with Crippen LogP contribution in [0.3, 0.4) is 0 Å². The summed E-state index contributed by atoms with van der Waals surface area (Å²) in [4.78, 5) is 0.181. The summed E-state index contributed by atoms with van der Waals surface area (Å²) in [6.07, 6.45) is 4.82. The van der Waals surface area contributed by atoms with Gasteiger partial charge in [-0.3, -0.25) is 4.18 Å². The second-order valence-corrected chi connectivity index (χ2v) is 6.59. The Morgan fingerprint density at radius 1 is 1.24 bits per heavy atom. The molecular weight excluding hydrogens is 288 g/mol. The lowest BCUT2D eigenvalue weighted by atomic mass is 10.1. The summed E-state index contributed by atoms with van der Waals surface area (Å²) in [7, 11) is -2.20. The molecule has 0 spiro atoms. The van der Waals surface area contributed by atoms with Crippen molar-refractivity contribution in [3.63, 3.8) is 0 Å². The van der Waals surface area contributed by atoms with E-state index in [2.05, 4.69) is 6.58 Å². The molecule has 118 valence electrons. The Hall–Kier alpha value is -1.17. The van der Waals surface area contributed by atoms with Crippen LogP contribution in [0.15, 0.2) is 41.8 Å². The molecule has 0 unspecified atom stereocenters. The van der Waals surface area contributed by atoms with E-state index in [9.17, 15) is 8.42 Å². The van der Waals surface area contributed by atoms with Gasteiger partial charge in [-0.1, -0.05) is 30.2 Å². The van der Waals surface area contributed by atoms with Gasteiger partial charge in [0.1, 0.15) is 6.10 Å². The zero-order valence-corrected chi connectivity index (χ0v) is 13.6. The molecule has 0 heterocycles. The van der Waals surface area contributed by atoms with Crippen LogP contribution in [-0.2, 0) is 19.0 Å². The summed E-state index contributed by atoms with van der Waals surface area (Å²) in [6.45, 7) is 5.84. The number of methoxy groups -OCH3 is 1. The average Bonchev–Trinajstić information content (AvgIpc) is 2.44. The minimum Gasteiger partial charge on any atom is -0.382 e. The molecule has 0 aliphatic heterocycles. The maximum atomic E-state index is 12.2. The van der Waals surface area contributed by atoms with Gasteiger partial charge in [-0.05, 0) is 38.3 Å². The monoisotopic (exact) mass is 312 g/mol. The third-order valence-electron chi connectivity index (χ3n) is 3.11. The van der Waals surface area contributed by atoms with Crippen LogP contribution in [0.1, 0.15) is 31.2 Å². The molecule has 0 amide bonds. The molecule has 0 bridgehead atoms. The molecule has 0 aliphatic rings. The molecule has 4 nitrogen and oxygen atoms in total. The fourth-order valence-corrected chi connectivity index (χ4v) is 3.04.